The summed E-state index contributed by atoms with van der Waals surface area (Å²) < 4.78 is 22.1. The lowest BCUT2D eigenvalue weighted by Crippen LogP contribution is -2.21. The van der Waals surface area contributed by atoms with E-state index in [0.717, 1.165) is 16.7 Å². The van der Waals surface area contributed by atoms with Crippen LogP contribution in [-0.4, -0.2) is 34.7 Å². The zero-order chi connectivity index (χ0) is 24.9. The molecular weight excluding hydrogens is 508 g/mol. The number of carbonyl (C=O) groups is 2. The van der Waals surface area contributed by atoms with Crippen LogP contribution in [0.4, 0.5) is 25.5 Å². The van der Waals surface area contributed by atoms with E-state index >= 15 is 0 Å². The average molecular weight is 527 g/mol. The number of methoxy groups -OCH3 is 1. The third-order valence-corrected chi connectivity index (χ3v) is 4.93. The predicted octanol–water partition coefficient (Wildman–Crippen LogP) is 6.96. The Morgan fingerprint density at radius 1 is 1.00 bits per heavy atom. The molecule has 2 amide bonds. The smallest absolute Gasteiger partial charge is 0.412 e. The fourth-order valence-corrected chi connectivity index (χ4v) is 3.24. The molecule has 2 aromatic carbocycles. The third kappa shape index (κ3) is 6.96. The van der Waals surface area contributed by atoms with E-state index in [0.29, 0.717) is 16.9 Å². The van der Waals surface area contributed by atoms with Crippen LogP contribution in [0.15, 0.2) is 54.7 Å². The van der Waals surface area contributed by atoms with Crippen LogP contribution in [0.25, 0.3) is 22.3 Å². The molecule has 3 aromatic rings. The summed E-state index contributed by atoms with van der Waals surface area (Å²) in [6, 6.07) is 13.7. The van der Waals surface area contributed by atoms with Crippen LogP contribution in [0.5, 0.6) is 0 Å². The van der Waals surface area contributed by atoms with Crippen molar-refractivity contribution in [3.63, 3.8) is 0 Å². The Morgan fingerprint density at radius 2 is 1.71 bits per heavy atom. The molecule has 1 heterocycles. The van der Waals surface area contributed by atoms with E-state index in [1.165, 1.54) is 19.2 Å². The van der Waals surface area contributed by atoms with Gasteiger partial charge in [0.25, 0.3) is 0 Å². The molecule has 3 rings (SSSR count). The largest absolute Gasteiger partial charge is 0.453 e. The monoisotopic (exact) mass is 525 g/mol. The maximum absolute atomic E-state index is 14.5. The van der Waals surface area contributed by atoms with Gasteiger partial charge in [-0.3, -0.25) is 10.6 Å². The Labute approximate surface area is 210 Å². The number of alkyl halides is 3. The fourth-order valence-electron chi connectivity index (χ4n) is 3.07. The summed E-state index contributed by atoms with van der Waals surface area (Å²) in [5, 5.41) is 4.84. The number of anilines is 2. The second kappa shape index (κ2) is 10.9. The maximum Gasteiger partial charge on any atom is 0.412 e. The van der Waals surface area contributed by atoms with Gasteiger partial charge in [-0.2, -0.15) is 0 Å². The number of carbonyl (C=O) groups excluding carboxylic acids is 2. The quantitative estimate of drug-likeness (QED) is 0.351. The number of nitrogens with zero attached hydrogens (tertiary/aromatic N) is 1. The van der Waals surface area contributed by atoms with Crippen LogP contribution in [0, 0.1) is 12.7 Å². The standard InChI is InChI=1S/C23H19Cl3FN3O4/c1-13-8-18(27)19(29-22(32)34-12-23(24,25)26)11-17(13)16-5-3-4-14(9-16)15-6-7-28-20(10-15)30-21(31)33-2/h3-11H,12H2,1-2H3,(H,29,32)(H,28,30,31). The topological polar surface area (TPSA) is 89.6 Å². The minimum Gasteiger partial charge on any atom is -0.453 e. The molecule has 0 aliphatic rings. The molecule has 0 radical (unpaired) electrons. The second-order valence-corrected chi connectivity index (χ2v) is 9.61. The molecule has 34 heavy (non-hydrogen) atoms. The molecular formula is C23H19Cl3FN3O4. The van der Waals surface area contributed by atoms with Crippen LogP contribution < -0.4 is 10.6 Å². The molecule has 1 aromatic heterocycles. The highest BCUT2D eigenvalue weighted by Crippen LogP contribution is 2.32. The lowest BCUT2D eigenvalue weighted by Gasteiger charge is -2.15. The minimum absolute atomic E-state index is 0.0891. The predicted molar refractivity (Wildman–Crippen MR) is 131 cm³/mol. The lowest BCUT2D eigenvalue weighted by atomic mass is 9.96. The van der Waals surface area contributed by atoms with Crippen molar-refractivity contribution in [1.29, 1.82) is 0 Å². The molecule has 0 saturated carbocycles. The van der Waals surface area contributed by atoms with Crippen molar-refractivity contribution in [2.45, 2.75) is 10.7 Å². The molecule has 2 N–H and O–H groups in total. The van der Waals surface area contributed by atoms with Gasteiger partial charge < -0.3 is 9.47 Å². The van der Waals surface area contributed by atoms with Gasteiger partial charge in [-0.15, -0.1) is 0 Å². The molecule has 0 bridgehead atoms. The van der Waals surface area contributed by atoms with Crippen molar-refractivity contribution in [2.24, 2.45) is 0 Å². The van der Waals surface area contributed by atoms with E-state index in [2.05, 4.69) is 20.4 Å². The summed E-state index contributed by atoms with van der Waals surface area (Å²) in [7, 11) is 1.26. The third-order valence-electron chi connectivity index (χ3n) is 4.60. The Hall–Kier alpha value is -3.07. The van der Waals surface area contributed by atoms with E-state index in [1.807, 2.05) is 24.3 Å². The number of ether oxygens (including phenoxy) is 2. The Kier molecular flexibility index (Phi) is 8.19. The Balaban J connectivity index is 1.89. The van der Waals surface area contributed by atoms with Gasteiger partial charge in [-0.25, -0.2) is 19.0 Å². The van der Waals surface area contributed by atoms with E-state index in [1.54, 1.807) is 25.3 Å². The van der Waals surface area contributed by atoms with Gasteiger partial charge in [-0.05, 0) is 65.1 Å². The molecule has 0 aliphatic carbocycles. The Morgan fingerprint density at radius 3 is 2.41 bits per heavy atom. The first-order valence-electron chi connectivity index (χ1n) is 9.78. The number of amides is 2. The van der Waals surface area contributed by atoms with E-state index in [-0.39, 0.29) is 5.69 Å². The van der Waals surface area contributed by atoms with Gasteiger partial charge in [0.1, 0.15) is 18.2 Å². The number of benzene rings is 2. The van der Waals surface area contributed by atoms with Crippen molar-refractivity contribution in [2.75, 3.05) is 24.4 Å². The van der Waals surface area contributed by atoms with Crippen LogP contribution in [0.3, 0.4) is 0 Å². The van der Waals surface area contributed by atoms with Gasteiger partial charge in [0, 0.05) is 6.20 Å². The van der Waals surface area contributed by atoms with Gasteiger partial charge in [-0.1, -0.05) is 53.0 Å². The van der Waals surface area contributed by atoms with Crippen molar-refractivity contribution < 1.29 is 23.5 Å². The number of hydrogen-bond donors (Lipinski definition) is 2. The highest BCUT2D eigenvalue weighted by Gasteiger charge is 2.22. The number of aryl methyl sites for hydroxylation is 1. The first kappa shape index (κ1) is 25.6. The number of aromatic nitrogens is 1. The number of nitrogens with one attached hydrogen (secondary N) is 2. The molecule has 0 fully saturated rings. The van der Waals surface area contributed by atoms with E-state index < -0.39 is 28.4 Å². The number of halogens is 4. The molecule has 0 spiro atoms. The van der Waals surface area contributed by atoms with Crippen LogP contribution in [-0.2, 0) is 9.47 Å². The number of hydrogen-bond acceptors (Lipinski definition) is 5. The molecule has 0 unspecified atom stereocenters. The first-order chi connectivity index (χ1) is 16.1. The summed E-state index contributed by atoms with van der Waals surface area (Å²) >= 11 is 16.7. The number of pyridine rings is 1. The highest BCUT2D eigenvalue weighted by molar-refractivity contribution is 6.67. The van der Waals surface area contributed by atoms with Crippen molar-refractivity contribution in [3.8, 4) is 22.3 Å². The van der Waals surface area contributed by atoms with Crippen LogP contribution in [0.2, 0.25) is 0 Å². The van der Waals surface area contributed by atoms with Crippen molar-refractivity contribution in [3.05, 3.63) is 66.1 Å². The van der Waals surface area contributed by atoms with Gasteiger partial charge in [0.2, 0.25) is 3.79 Å². The molecule has 0 saturated heterocycles. The van der Waals surface area contributed by atoms with Crippen molar-refractivity contribution >= 4 is 58.5 Å². The van der Waals surface area contributed by atoms with E-state index in [4.69, 9.17) is 39.5 Å². The fraction of sp³-hybridized carbons (Fsp3) is 0.174. The summed E-state index contributed by atoms with van der Waals surface area (Å²) in [5.74, 6) is -0.316. The molecule has 0 atom stereocenters. The average Bonchev–Trinajstić information content (AvgIpc) is 2.79. The van der Waals surface area contributed by atoms with Gasteiger partial charge >= 0.3 is 12.2 Å². The summed E-state index contributed by atoms with van der Waals surface area (Å²) in [4.78, 5) is 27.6. The zero-order valence-electron chi connectivity index (χ0n) is 18.0. The zero-order valence-corrected chi connectivity index (χ0v) is 20.3. The van der Waals surface area contributed by atoms with Crippen LogP contribution >= 0.6 is 34.8 Å². The second-order valence-electron chi connectivity index (χ2n) is 7.09. The minimum atomic E-state index is -1.78. The highest BCUT2D eigenvalue weighted by atomic mass is 35.6. The summed E-state index contributed by atoms with van der Waals surface area (Å²) in [5.41, 5.74) is 3.63. The molecule has 0 aliphatic heterocycles. The van der Waals surface area contributed by atoms with Crippen molar-refractivity contribution in [1.82, 2.24) is 4.98 Å². The number of rotatable bonds is 5. The molecule has 178 valence electrons. The van der Waals surface area contributed by atoms with Gasteiger partial charge in [0.15, 0.2) is 0 Å². The maximum atomic E-state index is 14.5. The first-order valence-corrected chi connectivity index (χ1v) is 10.9. The SMILES string of the molecule is COC(=O)Nc1cc(-c2cccc(-c3cc(NC(=O)OCC(Cl)(Cl)Cl)c(F)cc3C)c2)ccn1. The molecule has 7 nitrogen and oxygen atoms in total. The summed E-state index contributed by atoms with van der Waals surface area (Å²) in [6.07, 6.45) is -0.0368. The normalized spacial score (nSPS) is 11.0. The van der Waals surface area contributed by atoms with Crippen LogP contribution in [0.1, 0.15) is 5.56 Å². The van der Waals surface area contributed by atoms with E-state index in [9.17, 15) is 14.0 Å². The lowest BCUT2D eigenvalue weighted by molar-refractivity contribution is 0.163. The molecule has 11 heteroatoms. The van der Waals surface area contributed by atoms with Gasteiger partial charge in [0.05, 0.1) is 12.8 Å². The Bertz CT molecular complexity index is 1220. The summed E-state index contributed by atoms with van der Waals surface area (Å²) in [6.45, 7) is 1.26.